The molecule has 1 unspecified atom stereocenters. The number of thioether (sulfide) groups is 1. The fraction of sp³-hybridized carbons (Fsp3) is 0.286. The molecular weight excluding hydrogens is 406 g/mol. The number of ether oxygens (including phenoxy) is 3. The van der Waals surface area contributed by atoms with Crippen LogP contribution in [0.15, 0.2) is 52.1 Å². The highest BCUT2D eigenvalue weighted by atomic mass is 32.2. The Bertz CT molecular complexity index is 984. The molecule has 0 N–H and O–H groups in total. The number of anilines is 1. The van der Waals surface area contributed by atoms with Gasteiger partial charge in [-0.3, -0.25) is 4.79 Å². The van der Waals surface area contributed by atoms with Gasteiger partial charge in [-0.1, -0.05) is 30.0 Å². The van der Waals surface area contributed by atoms with E-state index in [0.717, 1.165) is 5.69 Å². The van der Waals surface area contributed by atoms with Gasteiger partial charge in [0.15, 0.2) is 11.5 Å². The van der Waals surface area contributed by atoms with Crippen LogP contribution in [0.5, 0.6) is 17.2 Å². The maximum atomic E-state index is 12.7. The van der Waals surface area contributed by atoms with Crippen LogP contribution in [-0.4, -0.2) is 49.7 Å². The summed E-state index contributed by atoms with van der Waals surface area (Å²) in [6, 6.07) is 12.9. The van der Waals surface area contributed by atoms with Crippen molar-refractivity contribution in [2.45, 2.75) is 17.4 Å². The third kappa shape index (κ3) is 4.51. The molecule has 158 valence electrons. The number of carbonyl (C=O) groups is 1. The first-order valence-corrected chi connectivity index (χ1v) is 9.99. The largest absolute Gasteiger partial charge is 0.493 e. The van der Waals surface area contributed by atoms with Gasteiger partial charge >= 0.3 is 0 Å². The van der Waals surface area contributed by atoms with Gasteiger partial charge in [0.2, 0.25) is 17.5 Å². The van der Waals surface area contributed by atoms with Crippen molar-refractivity contribution >= 4 is 23.4 Å². The molecule has 0 saturated heterocycles. The molecule has 0 saturated carbocycles. The molecule has 0 aliphatic carbocycles. The number of benzene rings is 2. The predicted octanol–water partition coefficient (Wildman–Crippen LogP) is 3.91. The van der Waals surface area contributed by atoms with E-state index in [2.05, 4.69) is 10.2 Å². The zero-order valence-electron chi connectivity index (χ0n) is 17.4. The molecule has 3 rings (SSSR count). The summed E-state index contributed by atoms with van der Waals surface area (Å²) in [6.45, 7) is 1.80. The Labute approximate surface area is 179 Å². The SMILES string of the molecule is COc1cc(-c2nnc(SC(C)C(=O)N(C)c3ccccc3)o2)cc(OC)c1OC. The maximum absolute atomic E-state index is 12.7. The van der Waals surface area contributed by atoms with E-state index in [1.807, 2.05) is 30.3 Å². The smallest absolute Gasteiger partial charge is 0.277 e. The highest BCUT2D eigenvalue weighted by Gasteiger charge is 2.23. The predicted molar refractivity (Wildman–Crippen MR) is 115 cm³/mol. The molecule has 0 radical (unpaired) electrons. The summed E-state index contributed by atoms with van der Waals surface area (Å²) in [7, 11) is 6.34. The van der Waals surface area contributed by atoms with Gasteiger partial charge in [0, 0.05) is 18.3 Å². The number of methoxy groups -OCH3 is 3. The monoisotopic (exact) mass is 429 g/mol. The van der Waals surface area contributed by atoms with Crippen LogP contribution in [0, 0.1) is 0 Å². The average Bonchev–Trinajstić information content (AvgIpc) is 3.25. The Morgan fingerprint density at radius 2 is 1.67 bits per heavy atom. The van der Waals surface area contributed by atoms with Crippen molar-refractivity contribution in [3.63, 3.8) is 0 Å². The lowest BCUT2D eigenvalue weighted by Crippen LogP contribution is -2.33. The number of hydrogen-bond donors (Lipinski definition) is 0. The lowest BCUT2D eigenvalue weighted by atomic mass is 10.2. The molecule has 8 nitrogen and oxygen atoms in total. The normalized spacial score (nSPS) is 11.6. The number of nitrogens with zero attached hydrogens (tertiary/aromatic N) is 3. The van der Waals surface area contributed by atoms with Gasteiger partial charge in [-0.05, 0) is 31.2 Å². The van der Waals surface area contributed by atoms with Gasteiger partial charge in [0.25, 0.3) is 5.22 Å². The quantitative estimate of drug-likeness (QED) is 0.498. The molecule has 1 heterocycles. The van der Waals surface area contributed by atoms with E-state index in [4.69, 9.17) is 18.6 Å². The summed E-state index contributed by atoms with van der Waals surface area (Å²) in [5.41, 5.74) is 1.43. The second-order valence-corrected chi connectivity index (χ2v) is 7.57. The Kier molecular flexibility index (Phi) is 6.83. The number of hydrogen-bond acceptors (Lipinski definition) is 8. The zero-order valence-corrected chi connectivity index (χ0v) is 18.2. The van der Waals surface area contributed by atoms with Gasteiger partial charge in [0.1, 0.15) is 0 Å². The number of amides is 1. The summed E-state index contributed by atoms with van der Waals surface area (Å²) in [4.78, 5) is 14.3. The van der Waals surface area contributed by atoms with E-state index in [1.165, 1.54) is 33.1 Å². The number of rotatable bonds is 8. The molecule has 0 bridgehead atoms. The molecule has 30 heavy (non-hydrogen) atoms. The second kappa shape index (κ2) is 9.53. The molecular formula is C21H23N3O5S. The van der Waals surface area contributed by atoms with E-state index in [-0.39, 0.29) is 11.8 Å². The van der Waals surface area contributed by atoms with Gasteiger partial charge < -0.3 is 23.5 Å². The summed E-state index contributed by atoms with van der Waals surface area (Å²) in [5.74, 6) is 1.65. The first-order chi connectivity index (χ1) is 14.5. The lowest BCUT2D eigenvalue weighted by Gasteiger charge is -2.20. The van der Waals surface area contributed by atoms with Gasteiger partial charge in [0.05, 0.1) is 26.6 Å². The molecule has 2 aromatic carbocycles. The van der Waals surface area contributed by atoms with Crippen LogP contribution < -0.4 is 19.1 Å². The van der Waals surface area contributed by atoms with Gasteiger partial charge in [-0.15, -0.1) is 10.2 Å². The van der Waals surface area contributed by atoms with E-state index >= 15 is 0 Å². The first-order valence-electron chi connectivity index (χ1n) is 9.11. The molecule has 3 aromatic rings. The standard InChI is InChI=1S/C21H23N3O5S/c1-13(20(25)24(2)15-9-7-6-8-10-15)30-21-23-22-19(29-21)14-11-16(26-3)18(28-5)17(12-14)27-4/h6-13H,1-5H3. The minimum absolute atomic E-state index is 0.0706. The van der Waals surface area contributed by atoms with E-state index in [0.29, 0.717) is 28.0 Å². The number of aromatic nitrogens is 2. The summed E-state index contributed by atoms with van der Waals surface area (Å²) < 4.78 is 21.8. The summed E-state index contributed by atoms with van der Waals surface area (Å²) in [5, 5.41) is 8.04. The van der Waals surface area contributed by atoms with Crippen LogP contribution in [0.3, 0.4) is 0 Å². The van der Waals surface area contributed by atoms with Crippen molar-refractivity contribution in [2.24, 2.45) is 0 Å². The Morgan fingerprint density at radius 1 is 1.03 bits per heavy atom. The summed E-state index contributed by atoms with van der Waals surface area (Å²) in [6.07, 6.45) is 0. The van der Waals surface area contributed by atoms with Crippen LogP contribution in [0.1, 0.15) is 6.92 Å². The van der Waals surface area contributed by atoms with Crippen LogP contribution in [0.25, 0.3) is 11.5 Å². The fourth-order valence-electron chi connectivity index (χ4n) is 2.83. The Morgan fingerprint density at radius 3 is 2.23 bits per heavy atom. The van der Waals surface area contributed by atoms with Crippen molar-refractivity contribution < 1.29 is 23.4 Å². The van der Waals surface area contributed by atoms with Crippen molar-refractivity contribution in [3.8, 4) is 28.7 Å². The molecule has 0 aliphatic heterocycles. The summed E-state index contributed by atoms with van der Waals surface area (Å²) >= 11 is 1.20. The van der Waals surface area contributed by atoms with Gasteiger partial charge in [-0.25, -0.2) is 0 Å². The minimum atomic E-state index is -0.413. The lowest BCUT2D eigenvalue weighted by molar-refractivity contribution is -0.117. The van der Waals surface area contributed by atoms with Gasteiger partial charge in [-0.2, -0.15) is 0 Å². The first kappa shape index (κ1) is 21.5. The topological polar surface area (TPSA) is 86.9 Å². The molecule has 0 spiro atoms. The highest BCUT2D eigenvalue weighted by Crippen LogP contribution is 2.41. The molecule has 1 amide bonds. The van der Waals surface area contributed by atoms with Crippen molar-refractivity contribution in [2.75, 3.05) is 33.3 Å². The van der Waals surface area contributed by atoms with Crippen molar-refractivity contribution in [1.82, 2.24) is 10.2 Å². The molecule has 1 atom stereocenters. The Balaban J connectivity index is 1.77. The Hall–Kier alpha value is -3.20. The third-order valence-electron chi connectivity index (χ3n) is 4.42. The zero-order chi connectivity index (χ0) is 21.7. The third-order valence-corrected chi connectivity index (χ3v) is 5.34. The van der Waals surface area contributed by atoms with Crippen molar-refractivity contribution in [3.05, 3.63) is 42.5 Å². The minimum Gasteiger partial charge on any atom is -0.493 e. The average molecular weight is 429 g/mol. The maximum Gasteiger partial charge on any atom is 0.277 e. The highest BCUT2D eigenvalue weighted by molar-refractivity contribution is 8.00. The molecule has 9 heteroatoms. The van der Waals surface area contributed by atoms with Crippen LogP contribution >= 0.6 is 11.8 Å². The number of para-hydroxylation sites is 1. The molecule has 1 aromatic heterocycles. The van der Waals surface area contributed by atoms with Crippen LogP contribution in [0.2, 0.25) is 0 Å². The van der Waals surface area contributed by atoms with Crippen LogP contribution in [-0.2, 0) is 4.79 Å². The van der Waals surface area contributed by atoms with Crippen molar-refractivity contribution in [1.29, 1.82) is 0 Å². The van der Waals surface area contributed by atoms with Crippen LogP contribution in [0.4, 0.5) is 5.69 Å². The molecule has 0 aliphatic rings. The fourth-order valence-corrected chi connectivity index (χ4v) is 3.61. The second-order valence-electron chi connectivity index (χ2n) is 6.28. The van der Waals surface area contributed by atoms with E-state index in [9.17, 15) is 4.79 Å². The van der Waals surface area contributed by atoms with E-state index in [1.54, 1.807) is 31.0 Å². The number of carbonyl (C=O) groups excluding carboxylic acids is 1. The van der Waals surface area contributed by atoms with E-state index < -0.39 is 5.25 Å². The molecule has 0 fully saturated rings.